The Hall–Kier alpha value is -2.23. The summed E-state index contributed by atoms with van der Waals surface area (Å²) in [7, 11) is 0. The first kappa shape index (κ1) is 18.6. The molecule has 0 fully saturated rings. The Balaban J connectivity index is 1.92. The molecule has 0 saturated heterocycles. The number of fused-ring (bicyclic) bond motifs is 1. The van der Waals surface area contributed by atoms with Gasteiger partial charge in [0.25, 0.3) is 0 Å². The molecule has 1 aromatic carbocycles. The van der Waals surface area contributed by atoms with Gasteiger partial charge in [0, 0.05) is 32.3 Å². The highest BCUT2D eigenvalue weighted by molar-refractivity contribution is 14.1. The van der Waals surface area contributed by atoms with Gasteiger partial charge in [0.05, 0.1) is 6.20 Å². The number of rotatable bonds is 5. The van der Waals surface area contributed by atoms with Crippen LogP contribution in [0.2, 0.25) is 0 Å². The highest BCUT2D eigenvalue weighted by Crippen LogP contribution is 2.28. The van der Waals surface area contributed by atoms with Crippen LogP contribution in [0.3, 0.4) is 0 Å². The largest absolute Gasteiger partial charge is 0.360 e. The third-order valence-corrected chi connectivity index (χ3v) is 4.48. The molecule has 3 rings (SSSR count). The van der Waals surface area contributed by atoms with Crippen molar-refractivity contribution in [3.05, 3.63) is 40.0 Å². The van der Waals surface area contributed by atoms with E-state index >= 15 is 0 Å². The van der Waals surface area contributed by atoms with Gasteiger partial charge in [-0.25, -0.2) is 14.4 Å². The van der Waals surface area contributed by atoms with Crippen LogP contribution in [0.1, 0.15) is 20.8 Å². The fourth-order valence-electron chi connectivity index (χ4n) is 2.56. The average Bonchev–Trinajstić information content (AvgIpc) is 2.99. The number of amides is 1. The molecule has 2 heterocycles. The summed E-state index contributed by atoms with van der Waals surface area (Å²) < 4.78 is 15.2. The number of nitrogens with zero attached hydrogens (tertiary/aromatic N) is 2. The molecule has 0 saturated carbocycles. The summed E-state index contributed by atoms with van der Waals surface area (Å²) in [5.41, 5.74) is 1.73. The quantitative estimate of drug-likeness (QED) is 0.500. The average molecular weight is 467 g/mol. The van der Waals surface area contributed by atoms with Crippen LogP contribution in [0, 0.1) is 9.39 Å². The first-order chi connectivity index (χ1) is 12.3. The van der Waals surface area contributed by atoms with Gasteiger partial charge in [0.15, 0.2) is 17.5 Å². The maximum atomic E-state index is 14.1. The summed E-state index contributed by atoms with van der Waals surface area (Å²) in [6, 6.07) is 5.36. The second-order valence-corrected chi connectivity index (χ2v) is 7.56. The molecule has 0 aliphatic carbocycles. The van der Waals surface area contributed by atoms with E-state index in [-0.39, 0.29) is 17.8 Å². The minimum atomic E-state index is -0.626. The Morgan fingerprint density at radius 2 is 2.08 bits per heavy atom. The van der Waals surface area contributed by atoms with Crippen molar-refractivity contribution in [1.29, 1.82) is 0 Å². The smallest absolute Gasteiger partial charge is 0.242 e. The number of anilines is 1. The normalized spacial score (nSPS) is 12.4. The fraction of sp³-hybridized carbons (Fsp3) is 0.278. The van der Waals surface area contributed by atoms with Gasteiger partial charge < -0.3 is 15.6 Å². The fourth-order valence-corrected chi connectivity index (χ4v) is 3.05. The van der Waals surface area contributed by atoms with Gasteiger partial charge in [-0.2, -0.15) is 0 Å². The first-order valence-electron chi connectivity index (χ1n) is 8.21. The molecular formula is C18H19FIN5O. The van der Waals surface area contributed by atoms with E-state index in [1.54, 1.807) is 13.1 Å². The van der Waals surface area contributed by atoms with Crippen LogP contribution >= 0.6 is 22.6 Å². The third-order valence-electron chi connectivity index (χ3n) is 3.81. The molecule has 2 aromatic heterocycles. The Morgan fingerprint density at radius 3 is 2.81 bits per heavy atom. The first-order valence-corrected chi connectivity index (χ1v) is 9.29. The van der Waals surface area contributed by atoms with E-state index in [1.165, 1.54) is 0 Å². The monoisotopic (exact) mass is 467 g/mol. The van der Waals surface area contributed by atoms with Gasteiger partial charge in [-0.05, 0) is 61.6 Å². The van der Waals surface area contributed by atoms with Crippen LogP contribution < -0.4 is 10.6 Å². The number of carbonyl (C=O) groups excluding carboxylic acids is 1. The molecule has 136 valence electrons. The Morgan fingerprint density at radius 1 is 1.31 bits per heavy atom. The predicted molar refractivity (Wildman–Crippen MR) is 108 cm³/mol. The minimum Gasteiger partial charge on any atom is -0.360 e. The summed E-state index contributed by atoms with van der Waals surface area (Å²) in [6.07, 6.45) is 2.91. The lowest BCUT2D eigenvalue weighted by molar-refractivity contribution is -0.122. The highest BCUT2D eigenvalue weighted by atomic mass is 127. The van der Waals surface area contributed by atoms with Gasteiger partial charge in [-0.1, -0.05) is 0 Å². The summed E-state index contributed by atoms with van der Waals surface area (Å²) >= 11 is 2.23. The number of nitrogens with one attached hydrogen (secondary N) is 3. The third kappa shape index (κ3) is 3.95. The van der Waals surface area contributed by atoms with E-state index in [0.29, 0.717) is 5.82 Å². The summed E-state index contributed by atoms with van der Waals surface area (Å²) in [5, 5.41) is 6.57. The van der Waals surface area contributed by atoms with E-state index in [4.69, 9.17) is 0 Å². The van der Waals surface area contributed by atoms with Crippen LogP contribution in [0.15, 0.2) is 30.6 Å². The maximum absolute atomic E-state index is 14.1. The Bertz CT molecular complexity index is 956. The lowest BCUT2D eigenvalue weighted by Gasteiger charge is -2.17. The molecule has 0 aliphatic heterocycles. The van der Waals surface area contributed by atoms with E-state index in [1.807, 2.05) is 32.0 Å². The van der Waals surface area contributed by atoms with Crippen molar-refractivity contribution >= 4 is 45.2 Å². The number of halogens is 2. The molecule has 8 heteroatoms. The van der Waals surface area contributed by atoms with Gasteiger partial charge in [0.1, 0.15) is 6.04 Å². The number of benzene rings is 1. The number of H-pyrrole nitrogens is 1. The predicted octanol–water partition coefficient (Wildman–Crippen LogP) is 3.69. The van der Waals surface area contributed by atoms with Gasteiger partial charge in [0.2, 0.25) is 5.91 Å². The summed E-state index contributed by atoms with van der Waals surface area (Å²) in [4.78, 5) is 23.6. The zero-order valence-electron chi connectivity index (χ0n) is 14.6. The van der Waals surface area contributed by atoms with E-state index in [0.717, 1.165) is 26.2 Å². The second-order valence-electron chi connectivity index (χ2n) is 6.31. The van der Waals surface area contributed by atoms with Crippen molar-refractivity contribution in [1.82, 2.24) is 20.3 Å². The molecule has 0 spiro atoms. The molecule has 26 heavy (non-hydrogen) atoms. The SMILES string of the molecule is CC(C)NC(=O)[C@H](C)Nc1nc(-c2c[nH]c3ccc(I)cc23)ncc1F. The maximum Gasteiger partial charge on any atom is 0.242 e. The van der Waals surface area contributed by atoms with E-state index < -0.39 is 11.9 Å². The number of aromatic nitrogens is 3. The van der Waals surface area contributed by atoms with Crippen molar-refractivity contribution in [3.63, 3.8) is 0 Å². The molecule has 0 radical (unpaired) electrons. The summed E-state index contributed by atoms with van der Waals surface area (Å²) in [5.74, 6) is -0.436. The van der Waals surface area contributed by atoms with Crippen LogP contribution in [-0.2, 0) is 4.79 Å². The number of aromatic amines is 1. The molecule has 1 amide bonds. The molecule has 3 N–H and O–H groups in total. The number of carbonyl (C=O) groups is 1. The molecule has 0 unspecified atom stereocenters. The van der Waals surface area contributed by atoms with Crippen LogP contribution in [0.5, 0.6) is 0 Å². The van der Waals surface area contributed by atoms with Crippen LogP contribution in [-0.4, -0.2) is 32.9 Å². The lowest BCUT2D eigenvalue weighted by Crippen LogP contribution is -2.41. The standard InChI is InChI=1S/C18H19FIN5O/c1-9(2)23-18(26)10(3)24-17-14(19)8-22-16(25-17)13-7-21-15-5-4-11(20)6-12(13)15/h4-10,21H,1-3H3,(H,23,26)(H,22,24,25)/t10-/m0/s1. The van der Waals surface area contributed by atoms with Crippen molar-refractivity contribution in [2.24, 2.45) is 0 Å². The molecule has 0 bridgehead atoms. The molecule has 6 nitrogen and oxygen atoms in total. The van der Waals surface area contributed by atoms with Gasteiger partial charge in [-0.3, -0.25) is 4.79 Å². The summed E-state index contributed by atoms with van der Waals surface area (Å²) in [6.45, 7) is 5.39. The molecule has 1 atom stereocenters. The highest BCUT2D eigenvalue weighted by Gasteiger charge is 2.18. The molecular weight excluding hydrogens is 448 g/mol. The van der Waals surface area contributed by atoms with Crippen molar-refractivity contribution < 1.29 is 9.18 Å². The van der Waals surface area contributed by atoms with Gasteiger partial charge >= 0.3 is 0 Å². The van der Waals surface area contributed by atoms with Crippen molar-refractivity contribution in [2.75, 3.05) is 5.32 Å². The van der Waals surface area contributed by atoms with Crippen LogP contribution in [0.4, 0.5) is 10.2 Å². The molecule has 3 aromatic rings. The number of hydrogen-bond acceptors (Lipinski definition) is 4. The zero-order chi connectivity index (χ0) is 18.8. The topological polar surface area (TPSA) is 82.7 Å². The van der Waals surface area contributed by atoms with Crippen molar-refractivity contribution in [3.8, 4) is 11.4 Å². The lowest BCUT2D eigenvalue weighted by atomic mass is 10.1. The minimum absolute atomic E-state index is 0.00128. The number of hydrogen-bond donors (Lipinski definition) is 3. The van der Waals surface area contributed by atoms with Crippen LogP contribution in [0.25, 0.3) is 22.3 Å². The van der Waals surface area contributed by atoms with E-state index in [2.05, 4.69) is 48.2 Å². The Labute approximate surface area is 164 Å². The van der Waals surface area contributed by atoms with E-state index in [9.17, 15) is 9.18 Å². The van der Waals surface area contributed by atoms with Crippen molar-refractivity contribution in [2.45, 2.75) is 32.9 Å². The Kier molecular flexibility index (Phi) is 5.40. The second kappa shape index (κ2) is 7.56. The van der Waals surface area contributed by atoms with Gasteiger partial charge in [-0.15, -0.1) is 0 Å². The zero-order valence-corrected chi connectivity index (χ0v) is 16.8. The molecule has 0 aliphatic rings.